The Morgan fingerprint density at radius 2 is 1.80 bits per heavy atom. The van der Waals surface area contributed by atoms with Crippen LogP contribution in [0.2, 0.25) is 0 Å². The van der Waals surface area contributed by atoms with E-state index < -0.39 is 16.3 Å². The number of epoxide rings is 1. The zero-order chi connectivity index (χ0) is 14.9. The van der Waals surface area contributed by atoms with Crippen molar-refractivity contribution in [3.05, 3.63) is 0 Å². The number of aliphatic hydroxyl groups is 1. The average molecular weight is 305 g/mol. The minimum absolute atomic E-state index is 0.0545. The summed E-state index contributed by atoms with van der Waals surface area (Å²) >= 11 is 0. The van der Waals surface area contributed by atoms with Gasteiger partial charge in [-0.05, 0) is 30.6 Å². The number of aliphatic hydroxyl groups excluding tert-OH is 1. The monoisotopic (exact) mass is 305 g/mol. The SMILES string of the molecule is CCC1CC(CS(=O)(=O)N(CC)CC)CC1C1OC1O. The largest absolute Gasteiger partial charge is 0.366 e. The zero-order valence-corrected chi connectivity index (χ0v) is 13.5. The molecule has 2 aliphatic rings. The summed E-state index contributed by atoms with van der Waals surface area (Å²) < 4.78 is 31.4. The van der Waals surface area contributed by atoms with Crippen molar-refractivity contribution < 1.29 is 18.3 Å². The molecule has 1 N–H and O–H groups in total. The number of nitrogens with zero attached hydrogens (tertiary/aromatic N) is 1. The van der Waals surface area contributed by atoms with Gasteiger partial charge in [0.2, 0.25) is 10.0 Å². The molecule has 1 saturated carbocycles. The van der Waals surface area contributed by atoms with Crippen LogP contribution in [-0.2, 0) is 14.8 Å². The molecule has 0 spiro atoms. The van der Waals surface area contributed by atoms with Crippen molar-refractivity contribution in [1.82, 2.24) is 4.31 Å². The molecule has 20 heavy (non-hydrogen) atoms. The lowest BCUT2D eigenvalue weighted by Gasteiger charge is -2.20. The quantitative estimate of drug-likeness (QED) is 0.722. The van der Waals surface area contributed by atoms with Gasteiger partial charge in [-0.1, -0.05) is 27.2 Å². The number of sulfonamides is 1. The zero-order valence-electron chi connectivity index (χ0n) is 12.7. The van der Waals surface area contributed by atoms with Gasteiger partial charge in [0, 0.05) is 13.1 Å². The molecule has 118 valence electrons. The molecule has 5 nitrogen and oxygen atoms in total. The summed E-state index contributed by atoms with van der Waals surface area (Å²) in [5, 5.41) is 9.43. The van der Waals surface area contributed by atoms with E-state index in [1.807, 2.05) is 13.8 Å². The molecule has 0 bridgehead atoms. The molecule has 0 aromatic rings. The van der Waals surface area contributed by atoms with Crippen molar-refractivity contribution in [2.45, 2.75) is 52.4 Å². The van der Waals surface area contributed by atoms with Crippen LogP contribution in [0.1, 0.15) is 40.0 Å². The van der Waals surface area contributed by atoms with Gasteiger partial charge in [-0.15, -0.1) is 0 Å². The molecule has 0 radical (unpaired) electrons. The molecule has 2 fully saturated rings. The number of hydrogen-bond donors (Lipinski definition) is 1. The molecule has 2 rings (SSSR count). The smallest absolute Gasteiger partial charge is 0.214 e. The third-order valence-corrected chi connectivity index (χ3v) is 7.04. The third-order valence-electron chi connectivity index (χ3n) is 4.84. The Kier molecular flexibility index (Phi) is 5.10. The maximum Gasteiger partial charge on any atom is 0.214 e. The topological polar surface area (TPSA) is 70.1 Å². The Morgan fingerprint density at radius 3 is 2.25 bits per heavy atom. The molecule has 1 aliphatic heterocycles. The first-order valence-corrected chi connectivity index (χ1v) is 9.35. The summed E-state index contributed by atoms with van der Waals surface area (Å²) in [7, 11) is -3.15. The maximum atomic E-state index is 12.3. The van der Waals surface area contributed by atoms with Crippen molar-refractivity contribution in [3.8, 4) is 0 Å². The molecule has 5 unspecified atom stereocenters. The molecule has 5 atom stereocenters. The first-order valence-electron chi connectivity index (χ1n) is 7.74. The molecule has 0 amide bonds. The van der Waals surface area contributed by atoms with E-state index in [1.165, 1.54) is 0 Å². The van der Waals surface area contributed by atoms with Gasteiger partial charge in [0.15, 0.2) is 6.29 Å². The highest BCUT2D eigenvalue weighted by atomic mass is 32.2. The van der Waals surface area contributed by atoms with Crippen LogP contribution >= 0.6 is 0 Å². The summed E-state index contributed by atoms with van der Waals surface area (Å²) in [4.78, 5) is 0. The second-order valence-corrected chi connectivity index (χ2v) is 8.04. The summed E-state index contributed by atoms with van der Waals surface area (Å²) in [5.41, 5.74) is 0. The average Bonchev–Trinajstić information content (AvgIpc) is 2.97. The van der Waals surface area contributed by atoms with E-state index in [4.69, 9.17) is 4.74 Å². The molecule has 1 aliphatic carbocycles. The predicted molar refractivity (Wildman–Crippen MR) is 77.6 cm³/mol. The molecule has 0 aromatic carbocycles. The fraction of sp³-hybridized carbons (Fsp3) is 1.00. The molecule has 1 saturated heterocycles. The third kappa shape index (κ3) is 3.35. The van der Waals surface area contributed by atoms with Crippen LogP contribution in [0.3, 0.4) is 0 Å². The van der Waals surface area contributed by atoms with Gasteiger partial charge in [0.1, 0.15) is 6.10 Å². The summed E-state index contributed by atoms with van der Waals surface area (Å²) in [5.74, 6) is 1.25. The lowest BCUT2D eigenvalue weighted by atomic mass is 9.91. The first kappa shape index (κ1) is 16.2. The van der Waals surface area contributed by atoms with Gasteiger partial charge in [0.05, 0.1) is 5.75 Å². The van der Waals surface area contributed by atoms with E-state index in [1.54, 1.807) is 4.31 Å². The van der Waals surface area contributed by atoms with E-state index in [0.29, 0.717) is 24.9 Å². The van der Waals surface area contributed by atoms with Crippen LogP contribution in [0.4, 0.5) is 0 Å². The summed E-state index contributed by atoms with van der Waals surface area (Å²) in [6, 6.07) is 0. The van der Waals surface area contributed by atoms with Crippen LogP contribution in [0, 0.1) is 17.8 Å². The molecular formula is C14H27NO4S. The number of ether oxygens (including phenoxy) is 1. The maximum absolute atomic E-state index is 12.3. The Morgan fingerprint density at radius 1 is 1.20 bits per heavy atom. The second-order valence-electron chi connectivity index (χ2n) is 6.02. The molecule has 0 aromatic heterocycles. The second kappa shape index (κ2) is 6.30. The van der Waals surface area contributed by atoms with Gasteiger partial charge in [-0.3, -0.25) is 0 Å². The van der Waals surface area contributed by atoms with Gasteiger partial charge >= 0.3 is 0 Å². The number of rotatable bonds is 7. The van der Waals surface area contributed by atoms with E-state index in [2.05, 4.69) is 6.92 Å². The Balaban J connectivity index is 1.97. The van der Waals surface area contributed by atoms with Gasteiger partial charge < -0.3 is 9.84 Å². The summed E-state index contributed by atoms with van der Waals surface area (Å²) in [6.45, 7) is 6.96. The van der Waals surface area contributed by atoms with Gasteiger partial charge in [0.25, 0.3) is 0 Å². The van der Waals surface area contributed by atoms with Crippen molar-refractivity contribution in [2.24, 2.45) is 17.8 Å². The fourth-order valence-electron chi connectivity index (χ4n) is 3.73. The van der Waals surface area contributed by atoms with Crippen LogP contribution < -0.4 is 0 Å². The number of hydrogen-bond acceptors (Lipinski definition) is 4. The van der Waals surface area contributed by atoms with Gasteiger partial charge in [-0.2, -0.15) is 0 Å². The van der Waals surface area contributed by atoms with Crippen molar-refractivity contribution in [3.63, 3.8) is 0 Å². The highest BCUT2D eigenvalue weighted by molar-refractivity contribution is 7.89. The van der Waals surface area contributed by atoms with Crippen molar-refractivity contribution >= 4 is 10.0 Å². The lowest BCUT2D eigenvalue weighted by Crippen LogP contribution is -2.34. The minimum Gasteiger partial charge on any atom is -0.366 e. The standard InChI is InChI=1S/C14H27NO4S/c1-4-11-7-10(8-12(11)13-14(16)19-13)9-20(17,18)15(5-2)6-3/h10-14,16H,4-9H2,1-3H3. The van der Waals surface area contributed by atoms with E-state index in [0.717, 1.165) is 19.3 Å². The van der Waals surface area contributed by atoms with Crippen molar-refractivity contribution in [1.29, 1.82) is 0 Å². The Hall–Kier alpha value is -0.170. The molecular weight excluding hydrogens is 278 g/mol. The summed E-state index contributed by atoms with van der Waals surface area (Å²) in [6.07, 6.45) is 2.15. The Bertz CT molecular complexity index is 421. The van der Waals surface area contributed by atoms with Crippen molar-refractivity contribution in [2.75, 3.05) is 18.8 Å². The fourth-order valence-corrected chi connectivity index (χ4v) is 5.60. The highest BCUT2D eigenvalue weighted by Gasteiger charge is 2.50. The van der Waals surface area contributed by atoms with Crippen LogP contribution in [0.15, 0.2) is 0 Å². The van der Waals surface area contributed by atoms with Gasteiger partial charge in [-0.25, -0.2) is 12.7 Å². The molecule has 6 heteroatoms. The minimum atomic E-state index is -3.15. The van der Waals surface area contributed by atoms with E-state index in [9.17, 15) is 13.5 Å². The van der Waals surface area contributed by atoms with E-state index in [-0.39, 0.29) is 17.8 Å². The van der Waals surface area contributed by atoms with Crippen LogP contribution in [0.25, 0.3) is 0 Å². The van der Waals surface area contributed by atoms with E-state index >= 15 is 0 Å². The van der Waals surface area contributed by atoms with Crippen LogP contribution in [-0.4, -0.2) is 49.1 Å². The normalized spacial score (nSPS) is 37.5. The predicted octanol–water partition coefficient (Wildman–Crippen LogP) is 1.43. The molecule has 1 heterocycles. The highest BCUT2D eigenvalue weighted by Crippen LogP contribution is 2.46. The Labute approximate surface area is 122 Å². The first-order chi connectivity index (χ1) is 9.42. The lowest BCUT2D eigenvalue weighted by molar-refractivity contribution is 0.155. The van der Waals surface area contributed by atoms with Crippen LogP contribution in [0.5, 0.6) is 0 Å².